The van der Waals surface area contributed by atoms with Crippen LogP contribution >= 0.6 is 11.6 Å². The van der Waals surface area contributed by atoms with Crippen LogP contribution in [0.3, 0.4) is 0 Å². The predicted octanol–water partition coefficient (Wildman–Crippen LogP) is 2.52. The number of halogens is 1. The van der Waals surface area contributed by atoms with Crippen molar-refractivity contribution in [2.24, 2.45) is 23.7 Å². The highest BCUT2D eigenvalue weighted by Gasteiger charge is 2.51. The van der Waals surface area contributed by atoms with Crippen LogP contribution in [0.4, 0.5) is 0 Å². The molecule has 4 atom stereocenters. The number of carboxylic acid groups (broad SMARTS) is 1. The van der Waals surface area contributed by atoms with Gasteiger partial charge >= 0.3 is 5.97 Å². The van der Waals surface area contributed by atoms with Gasteiger partial charge in [-0.05, 0) is 42.4 Å². The average molecular weight is 320 g/mol. The maximum Gasteiger partial charge on any atom is 0.307 e. The highest BCUT2D eigenvalue weighted by atomic mass is 35.5. The van der Waals surface area contributed by atoms with E-state index < -0.39 is 17.8 Å². The van der Waals surface area contributed by atoms with Crippen molar-refractivity contribution in [2.45, 2.75) is 12.8 Å². The number of aliphatic carboxylic acids is 1. The Balaban J connectivity index is 1.58. The summed E-state index contributed by atoms with van der Waals surface area (Å²) in [5, 5.41) is 12.9. The molecular weight excluding hydrogens is 302 g/mol. The molecule has 0 spiro atoms. The van der Waals surface area contributed by atoms with Gasteiger partial charge in [0.15, 0.2) is 0 Å². The van der Waals surface area contributed by atoms with E-state index in [0.29, 0.717) is 18.0 Å². The number of allylic oxidation sites excluding steroid dienone is 2. The van der Waals surface area contributed by atoms with E-state index in [4.69, 9.17) is 11.6 Å². The van der Waals surface area contributed by atoms with E-state index in [9.17, 15) is 14.7 Å². The van der Waals surface area contributed by atoms with Crippen LogP contribution in [0.1, 0.15) is 12.0 Å². The Hall–Kier alpha value is -1.81. The molecule has 116 valence electrons. The molecule has 2 aliphatic carbocycles. The summed E-state index contributed by atoms with van der Waals surface area (Å²) >= 11 is 5.93. The van der Waals surface area contributed by atoms with Crippen molar-refractivity contribution in [1.82, 2.24) is 5.32 Å². The molecule has 1 amide bonds. The number of nitrogens with one attached hydrogen (secondary N) is 1. The quantitative estimate of drug-likeness (QED) is 0.820. The van der Waals surface area contributed by atoms with Crippen LogP contribution in [0, 0.1) is 23.7 Å². The van der Waals surface area contributed by atoms with Gasteiger partial charge in [-0.3, -0.25) is 9.59 Å². The molecule has 2 N–H and O–H groups in total. The number of amides is 1. The van der Waals surface area contributed by atoms with Gasteiger partial charge in [0.05, 0.1) is 11.8 Å². The van der Waals surface area contributed by atoms with Gasteiger partial charge in [0.25, 0.3) is 0 Å². The molecule has 4 nitrogen and oxygen atoms in total. The molecule has 0 saturated heterocycles. The largest absolute Gasteiger partial charge is 0.481 e. The molecule has 3 rings (SSSR count). The lowest BCUT2D eigenvalue weighted by Crippen LogP contribution is -2.40. The molecule has 1 aromatic carbocycles. The van der Waals surface area contributed by atoms with Gasteiger partial charge in [-0.1, -0.05) is 35.9 Å². The Morgan fingerprint density at radius 2 is 1.95 bits per heavy atom. The first kappa shape index (κ1) is 15.1. The Kier molecular flexibility index (Phi) is 4.21. The van der Waals surface area contributed by atoms with Gasteiger partial charge in [0.1, 0.15) is 0 Å². The summed E-state index contributed by atoms with van der Waals surface area (Å²) < 4.78 is 0. The first-order valence-corrected chi connectivity index (χ1v) is 7.87. The van der Waals surface area contributed by atoms with E-state index in [2.05, 4.69) is 5.32 Å². The summed E-state index contributed by atoms with van der Waals surface area (Å²) in [7, 11) is 0. The van der Waals surface area contributed by atoms with Crippen LogP contribution in [0.25, 0.3) is 0 Å². The Morgan fingerprint density at radius 1 is 1.23 bits per heavy atom. The molecule has 1 fully saturated rings. The Morgan fingerprint density at radius 3 is 2.64 bits per heavy atom. The van der Waals surface area contributed by atoms with Crippen LogP contribution in [-0.4, -0.2) is 23.5 Å². The number of rotatable bonds is 5. The van der Waals surface area contributed by atoms with Crippen molar-refractivity contribution in [3.8, 4) is 0 Å². The first-order valence-electron chi connectivity index (χ1n) is 7.49. The smallest absolute Gasteiger partial charge is 0.307 e. The molecule has 0 aliphatic heterocycles. The molecule has 2 aliphatic rings. The first-order chi connectivity index (χ1) is 10.6. The van der Waals surface area contributed by atoms with Crippen LogP contribution in [0.2, 0.25) is 5.02 Å². The zero-order chi connectivity index (χ0) is 15.7. The summed E-state index contributed by atoms with van der Waals surface area (Å²) in [5.41, 5.74) is 1.05. The molecule has 0 aromatic heterocycles. The van der Waals surface area contributed by atoms with Gasteiger partial charge in [-0.2, -0.15) is 0 Å². The van der Waals surface area contributed by atoms with Crippen molar-refractivity contribution >= 4 is 23.5 Å². The van der Waals surface area contributed by atoms with E-state index in [1.165, 1.54) is 0 Å². The van der Waals surface area contributed by atoms with Gasteiger partial charge in [-0.25, -0.2) is 0 Å². The Labute approximate surface area is 134 Å². The van der Waals surface area contributed by atoms with Crippen molar-refractivity contribution in [2.75, 3.05) is 6.54 Å². The Bertz CT molecular complexity index is 628. The summed E-state index contributed by atoms with van der Waals surface area (Å²) in [6.07, 6.45) is 5.40. The number of carbonyl (C=O) groups excluding carboxylic acids is 1. The molecule has 1 aromatic rings. The fourth-order valence-electron chi connectivity index (χ4n) is 3.66. The number of hydrogen-bond donors (Lipinski definition) is 2. The fourth-order valence-corrected chi connectivity index (χ4v) is 3.87. The second-order valence-electron chi connectivity index (χ2n) is 6.01. The molecule has 22 heavy (non-hydrogen) atoms. The number of hydrogen-bond acceptors (Lipinski definition) is 2. The standard InChI is InChI=1S/C17H18ClNO3/c18-13-3-1-2-10(8-13)6-7-19-16(20)14-11-4-5-12(9-11)15(14)17(21)22/h1-5,8,11-12,14-15H,6-7,9H2,(H,19,20)(H,21,22)/t11-,12+,14+,15+/m1/s1. The van der Waals surface area contributed by atoms with Crippen molar-refractivity contribution < 1.29 is 14.7 Å². The normalized spacial score (nSPS) is 28.8. The van der Waals surface area contributed by atoms with Gasteiger partial charge < -0.3 is 10.4 Å². The van der Waals surface area contributed by atoms with Crippen molar-refractivity contribution in [1.29, 1.82) is 0 Å². The third-order valence-corrected chi connectivity index (χ3v) is 4.88. The fraction of sp³-hybridized carbons (Fsp3) is 0.412. The third kappa shape index (κ3) is 2.88. The zero-order valence-electron chi connectivity index (χ0n) is 12.0. The highest BCUT2D eigenvalue weighted by Crippen LogP contribution is 2.48. The molecule has 0 unspecified atom stereocenters. The van der Waals surface area contributed by atoms with E-state index in [1.54, 1.807) is 0 Å². The molecular formula is C17H18ClNO3. The van der Waals surface area contributed by atoms with E-state index in [-0.39, 0.29) is 17.7 Å². The van der Waals surface area contributed by atoms with E-state index in [0.717, 1.165) is 12.0 Å². The van der Waals surface area contributed by atoms with Gasteiger partial charge in [0.2, 0.25) is 5.91 Å². The second-order valence-corrected chi connectivity index (χ2v) is 6.45. The lowest BCUT2D eigenvalue weighted by atomic mass is 9.82. The molecule has 1 saturated carbocycles. The van der Waals surface area contributed by atoms with Crippen LogP contribution < -0.4 is 5.32 Å². The van der Waals surface area contributed by atoms with E-state index in [1.807, 2.05) is 36.4 Å². The minimum atomic E-state index is -0.869. The number of benzene rings is 1. The van der Waals surface area contributed by atoms with E-state index >= 15 is 0 Å². The lowest BCUT2D eigenvalue weighted by molar-refractivity contribution is -0.147. The maximum atomic E-state index is 12.4. The molecule has 2 bridgehead atoms. The third-order valence-electron chi connectivity index (χ3n) is 4.65. The minimum absolute atomic E-state index is 0.00572. The summed E-state index contributed by atoms with van der Waals surface area (Å²) in [4.78, 5) is 23.8. The van der Waals surface area contributed by atoms with Crippen LogP contribution in [-0.2, 0) is 16.0 Å². The topological polar surface area (TPSA) is 66.4 Å². The SMILES string of the molecule is O=C(NCCc1cccc(Cl)c1)[C@@H]1[C@@H](C(=O)O)[C@H]2C=C[C@@H]1C2. The summed E-state index contributed by atoms with van der Waals surface area (Å²) in [5.74, 6) is -1.96. The van der Waals surface area contributed by atoms with Crippen molar-refractivity contribution in [3.63, 3.8) is 0 Å². The number of carbonyl (C=O) groups is 2. The lowest BCUT2D eigenvalue weighted by Gasteiger charge is -2.23. The maximum absolute atomic E-state index is 12.4. The number of fused-ring (bicyclic) bond motifs is 2. The molecule has 0 heterocycles. The second kappa shape index (κ2) is 6.13. The van der Waals surface area contributed by atoms with Crippen LogP contribution in [0.5, 0.6) is 0 Å². The summed E-state index contributed by atoms with van der Waals surface area (Å²) in [6.45, 7) is 0.489. The molecule has 5 heteroatoms. The highest BCUT2D eigenvalue weighted by molar-refractivity contribution is 6.30. The average Bonchev–Trinajstić information content (AvgIpc) is 3.07. The number of carboxylic acids is 1. The zero-order valence-corrected chi connectivity index (χ0v) is 12.8. The van der Waals surface area contributed by atoms with Crippen LogP contribution in [0.15, 0.2) is 36.4 Å². The summed E-state index contributed by atoms with van der Waals surface area (Å²) in [6, 6.07) is 7.51. The van der Waals surface area contributed by atoms with Gasteiger partial charge in [-0.15, -0.1) is 0 Å². The predicted molar refractivity (Wildman–Crippen MR) is 83.5 cm³/mol. The minimum Gasteiger partial charge on any atom is -0.481 e. The molecule has 0 radical (unpaired) electrons. The van der Waals surface area contributed by atoms with Crippen molar-refractivity contribution in [3.05, 3.63) is 47.0 Å². The van der Waals surface area contributed by atoms with Gasteiger partial charge in [0, 0.05) is 11.6 Å². The monoisotopic (exact) mass is 319 g/mol.